The van der Waals surface area contributed by atoms with Crippen LogP contribution in [0.5, 0.6) is 5.75 Å². The summed E-state index contributed by atoms with van der Waals surface area (Å²) in [7, 11) is 0. The van der Waals surface area contributed by atoms with E-state index in [1.54, 1.807) is 12.0 Å². The average molecular weight is 672 g/mol. The Hall–Kier alpha value is -1.02. The molecule has 40 heavy (non-hydrogen) atoms. The highest BCUT2D eigenvalue weighted by Gasteiger charge is 2.57. The monoisotopic (exact) mass is 671 g/mol. The first-order valence-corrected chi connectivity index (χ1v) is 15.9. The van der Waals surface area contributed by atoms with Crippen LogP contribution in [0, 0.1) is 32.7 Å². The Bertz CT molecular complexity index is 1030. The lowest BCUT2D eigenvalue weighted by Gasteiger charge is -2.62. The highest BCUT2D eigenvalue weighted by atomic mass is 127. The number of nitrogens with one attached hydrogen (secondary N) is 1. The second kappa shape index (κ2) is 12.7. The summed E-state index contributed by atoms with van der Waals surface area (Å²) in [5, 5.41) is 25.9. The number of aliphatic hydroxyl groups is 2. The maximum Gasteiger partial charge on any atom is 0.240 e. The number of morpholine rings is 1. The number of aliphatic hydroxyl groups excluding tert-OH is 2. The first-order chi connectivity index (χ1) is 19.1. The second-order valence-corrected chi connectivity index (χ2v) is 13.9. The molecular weight excluding hydrogens is 625 g/mol. The number of hydrogen-bond donors (Lipinski definition) is 3. The number of benzene rings is 1. The maximum absolute atomic E-state index is 13.9. The number of carbonyl (C=O) groups is 1. The fourth-order valence-corrected chi connectivity index (χ4v) is 8.30. The number of amides is 1. The Kier molecular flexibility index (Phi) is 9.66. The Balaban J connectivity index is 1.31. The molecule has 8 atom stereocenters. The van der Waals surface area contributed by atoms with Crippen LogP contribution in [-0.4, -0.2) is 96.4 Å². The van der Waals surface area contributed by atoms with Crippen LogP contribution in [0.15, 0.2) is 18.2 Å². The summed E-state index contributed by atoms with van der Waals surface area (Å²) in [6.45, 7) is 13.3. The zero-order chi connectivity index (χ0) is 28.6. The lowest BCUT2D eigenvalue weighted by atomic mass is 9.45. The molecule has 3 aliphatic carbocycles. The van der Waals surface area contributed by atoms with Gasteiger partial charge in [0.05, 0.1) is 36.0 Å². The molecule has 2 aliphatic heterocycles. The van der Waals surface area contributed by atoms with E-state index < -0.39 is 24.2 Å². The third-order valence-electron chi connectivity index (χ3n) is 10.2. The van der Waals surface area contributed by atoms with E-state index in [0.717, 1.165) is 54.2 Å². The molecule has 9 nitrogen and oxygen atoms in total. The van der Waals surface area contributed by atoms with Crippen molar-refractivity contribution in [2.45, 2.75) is 71.4 Å². The molecule has 6 rings (SSSR count). The van der Waals surface area contributed by atoms with Gasteiger partial charge in [-0.1, -0.05) is 32.9 Å². The fourth-order valence-electron chi connectivity index (χ4n) is 7.59. The van der Waals surface area contributed by atoms with E-state index in [9.17, 15) is 15.0 Å². The zero-order valence-electron chi connectivity index (χ0n) is 24.2. The van der Waals surface area contributed by atoms with Gasteiger partial charge < -0.3 is 25.0 Å². The Morgan fingerprint density at radius 1 is 1.27 bits per heavy atom. The Morgan fingerprint density at radius 2 is 2.02 bits per heavy atom. The molecule has 3 N–H and O–H groups in total. The van der Waals surface area contributed by atoms with Crippen LogP contribution in [-0.2, 0) is 20.9 Å². The van der Waals surface area contributed by atoms with E-state index in [1.165, 1.54) is 6.42 Å². The number of para-hydroxylation sites is 1. The largest absolute Gasteiger partial charge is 0.491 e. The molecule has 224 valence electrons. The third kappa shape index (κ3) is 6.05. The molecule has 1 aromatic rings. The second-order valence-electron chi connectivity index (χ2n) is 12.8. The number of hydrogen-bond acceptors (Lipinski definition) is 8. The Labute approximate surface area is 252 Å². The molecule has 2 bridgehead atoms. The summed E-state index contributed by atoms with van der Waals surface area (Å²) >= 11 is 2.28. The van der Waals surface area contributed by atoms with Gasteiger partial charge in [-0.25, -0.2) is 0 Å². The molecular formula is C30H46IN3O6. The summed E-state index contributed by atoms with van der Waals surface area (Å²) in [5.74, 6) is 1.70. The minimum atomic E-state index is -0.825. The van der Waals surface area contributed by atoms with Crippen molar-refractivity contribution < 1.29 is 29.3 Å². The van der Waals surface area contributed by atoms with Gasteiger partial charge in [-0.05, 0) is 71.6 Å². The van der Waals surface area contributed by atoms with Gasteiger partial charge >= 0.3 is 0 Å². The van der Waals surface area contributed by atoms with Crippen molar-refractivity contribution in [2.24, 2.45) is 29.1 Å². The van der Waals surface area contributed by atoms with Crippen molar-refractivity contribution in [3.05, 3.63) is 27.3 Å². The standard InChI is InChI=1S/C30H46IN3O6/c1-18-22-14-21(30(22,3)4)15-24(18)32-29(37)27-26(19(2)36)25(17-35)40-34(27)16-20-6-5-7-23(31)28(20)39-13-10-33-8-11-38-12-9-33/h5-7,18-19,21-22,24-27,35-36H,8-17H2,1-4H3,(H,32,37)/t18-,19-,21-,22?,24-,25-,26+,27-/m0/s1. The minimum Gasteiger partial charge on any atom is -0.491 e. The van der Waals surface area contributed by atoms with E-state index in [4.69, 9.17) is 14.3 Å². The highest BCUT2D eigenvalue weighted by molar-refractivity contribution is 14.1. The van der Waals surface area contributed by atoms with Crippen molar-refractivity contribution in [3.63, 3.8) is 0 Å². The quantitative estimate of drug-likeness (QED) is 0.327. The van der Waals surface area contributed by atoms with Crippen molar-refractivity contribution in [2.75, 3.05) is 46.1 Å². The molecule has 0 radical (unpaired) electrons. The van der Waals surface area contributed by atoms with E-state index in [2.05, 4.69) is 53.6 Å². The number of carbonyl (C=O) groups excluding carboxylic acids is 1. The number of ether oxygens (including phenoxy) is 2. The number of halogens is 1. The van der Waals surface area contributed by atoms with Crippen LogP contribution in [0.4, 0.5) is 0 Å². The van der Waals surface area contributed by atoms with Crippen LogP contribution in [0.3, 0.4) is 0 Å². The van der Waals surface area contributed by atoms with Gasteiger partial charge in [-0.2, -0.15) is 5.06 Å². The Morgan fingerprint density at radius 3 is 2.67 bits per heavy atom. The van der Waals surface area contributed by atoms with Crippen LogP contribution >= 0.6 is 22.6 Å². The van der Waals surface area contributed by atoms with Gasteiger partial charge in [0.15, 0.2) is 0 Å². The van der Waals surface area contributed by atoms with Gasteiger partial charge in [-0.15, -0.1) is 0 Å². The van der Waals surface area contributed by atoms with Crippen LogP contribution in [0.2, 0.25) is 0 Å². The molecule has 0 aromatic heterocycles. The fraction of sp³-hybridized carbons (Fsp3) is 0.767. The van der Waals surface area contributed by atoms with Crippen LogP contribution in [0.25, 0.3) is 0 Å². The molecule has 3 saturated carbocycles. The minimum absolute atomic E-state index is 0.103. The normalized spacial score (nSPS) is 34.7. The molecule has 1 unspecified atom stereocenters. The third-order valence-corrected chi connectivity index (χ3v) is 11.0. The molecule has 10 heteroatoms. The SMILES string of the molecule is C[C@H](O)[C@@H]1[C@H](CO)ON(Cc2cccc(I)c2OCCN2CCOCC2)[C@@H]1C(=O)N[C@H]1C[C@@H]2CC([C@@H]1C)C2(C)C. The van der Waals surface area contributed by atoms with Crippen molar-refractivity contribution in [1.29, 1.82) is 0 Å². The maximum atomic E-state index is 13.9. The molecule has 1 amide bonds. The number of hydroxylamine groups is 2. The summed E-state index contributed by atoms with van der Waals surface area (Å²) < 4.78 is 12.7. The first-order valence-electron chi connectivity index (χ1n) is 14.8. The zero-order valence-corrected chi connectivity index (χ0v) is 26.4. The van der Waals surface area contributed by atoms with Crippen LogP contribution < -0.4 is 10.1 Å². The number of nitrogens with zero attached hydrogens (tertiary/aromatic N) is 2. The summed E-state index contributed by atoms with van der Waals surface area (Å²) in [5.41, 5.74) is 1.24. The predicted molar refractivity (Wildman–Crippen MR) is 159 cm³/mol. The lowest BCUT2D eigenvalue weighted by molar-refractivity contribution is -0.183. The number of fused-ring (bicyclic) bond motifs is 2. The lowest BCUT2D eigenvalue weighted by Crippen LogP contribution is -2.62. The number of rotatable bonds is 10. The molecule has 2 heterocycles. The van der Waals surface area contributed by atoms with Gasteiger partial charge in [0.25, 0.3) is 0 Å². The molecule has 5 fully saturated rings. The van der Waals surface area contributed by atoms with Crippen molar-refractivity contribution in [1.82, 2.24) is 15.3 Å². The van der Waals surface area contributed by atoms with E-state index >= 15 is 0 Å². The van der Waals surface area contributed by atoms with Gasteiger partial charge in [0, 0.05) is 37.2 Å². The van der Waals surface area contributed by atoms with Crippen LogP contribution in [0.1, 0.15) is 46.1 Å². The van der Waals surface area contributed by atoms with E-state index in [-0.39, 0.29) is 18.6 Å². The van der Waals surface area contributed by atoms with Crippen molar-refractivity contribution >= 4 is 28.5 Å². The first kappa shape index (κ1) is 30.4. The van der Waals surface area contributed by atoms with E-state index in [0.29, 0.717) is 36.3 Å². The molecule has 0 spiro atoms. The summed E-state index contributed by atoms with van der Waals surface area (Å²) in [4.78, 5) is 22.5. The van der Waals surface area contributed by atoms with Gasteiger partial charge in [0.2, 0.25) is 5.91 Å². The molecule has 1 aromatic carbocycles. The summed E-state index contributed by atoms with van der Waals surface area (Å²) in [6.07, 6.45) is 0.725. The summed E-state index contributed by atoms with van der Waals surface area (Å²) in [6, 6.07) is 5.35. The van der Waals surface area contributed by atoms with Gasteiger partial charge in [-0.3, -0.25) is 14.5 Å². The average Bonchev–Trinajstić information content (AvgIpc) is 3.30. The molecule has 2 saturated heterocycles. The van der Waals surface area contributed by atoms with Gasteiger partial charge in [0.1, 0.15) is 24.5 Å². The predicted octanol–water partition coefficient (Wildman–Crippen LogP) is 2.66. The topological polar surface area (TPSA) is 104 Å². The molecule has 5 aliphatic rings. The smallest absolute Gasteiger partial charge is 0.240 e. The highest BCUT2D eigenvalue weighted by Crippen LogP contribution is 2.61. The van der Waals surface area contributed by atoms with Crippen molar-refractivity contribution in [3.8, 4) is 5.75 Å². The van der Waals surface area contributed by atoms with E-state index in [1.807, 2.05) is 18.2 Å².